The summed E-state index contributed by atoms with van der Waals surface area (Å²) in [7, 11) is -7.11. The summed E-state index contributed by atoms with van der Waals surface area (Å²) in [5.41, 5.74) is 2.36. The van der Waals surface area contributed by atoms with Gasteiger partial charge in [0.05, 0.1) is 44.1 Å². The van der Waals surface area contributed by atoms with E-state index < -0.39 is 19.8 Å². The van der Waals surface area contributed by atoms with Crippen molar-refractivity contribution in [2.75, 3.05) is 41.8 Å². The highest BCUT2D eigenvalue weighted by Crippen LogP contribution is 2.33. The van der Waals surface area contributed by atoms with E-state index in [1.807, 2.05) is 49.9 Å². The van der Waals surface area contributed by atoms with E-state index in [1.165, 1.54) is 16.6 Å². The SMILES string of the molecule is CCc1ccc(N(CC(C)C)S(=O)(=O)c2ccc(N3CCOCC3C)c(S(C)(=N)=O)c2)cc1. The molecule has 0 aliphatic carbocycles. The molecule has 33 heavy (non-hydrogen) atoms. The van der Waals surface area contributed by atoms with Gasteiger partial charge in [-0.05, 0) is 55.2 Å². The van der Waals surface area contributed by atoms with Gasteiger partial charge in [0.1, 0.15) is 0 Å². The summed E-state index contributed by atoms with van der Waals surface area (Å²) >= 11 is 0. The Bertz CT molecular complexity index is 1180. The van der Waals surface area contributed by atoms with Crippen LogP contribution in [0.1, 0.15) is 33.3 Å². The Morgan fingerprint density at radius 3 is 2.36 bits per heavy atom. The lowest BCUT2D eigenvalue weighted by Crippen LogP contribution is -2.44. The van der Waals surface area contributed by atoms with Crippen LogP contribution in [0.5, 0.6) is 0 Å². The molecule has 1 N–H and O–H groups in total. The zero-order valence-electron chi connectivity index (χ0n) is 20.1. The molecule has 2 aromatic rings. The van der Waals surface area contributed by atoms with Crippen molar-refractivity contribution in [3.05, 3.63) is 48.0 Å². The lowest BCUT2D eigenvalue weighted by atomic mass is 10.1. The number of aryl methyl sites for hydroxylation is 1. The van der Waals surface area contributed by atoms with Gasteiger partial charge in [-0.25, -0.2) is 17.4 Å². The van der Waals surface area contributed by atoms with Crippen molar-refractivity contribution >= 4 is 31.1 Å². The first-order valence-electron chi connectivity index (χ1n) is 11.3. The van der Waals surface area contributed by atoms with Gasteiger partial charge in [-0.2, -0.15) is 0 Å². The molecular weight excluding hydrogens is 458 g/mol. The van der Waals surface area contributed by atoms with Crippen LogP contribution in [-0.4, -0.2) is 51.2 Å². The molecule has 1 saturated heterocycles. The van der Waals surface area contributed by atoms with Gasteiger partial charge in [0.2, 0.25) is 0 Å². The molecule has 1 aliphatic heterocycles. The second-order valence-corrected chi connectivity index (χ2v) is 13.0. The Hall–Kier alpha value is -2.10. The Labute approximate surface area is 198 Å². The van der Waals surface area contributed by atoms with Crippen molar-refractivity contribution in [2.24, 2.45) is 5.92 Å². The number of morpholine rings is 1. The summed E-state index contributed by atoms with van der Waals surface area (Å²) in [4.78, 5) is 2.33. The fourth-order valence-electron chi connectivity index (χ4n) is 3.99. The van der Waals surface area contributed by atoms with Crippen molar-refractivity contribution in [3.63, 3.8) is 0 Å². The number of rotatable bonds is 8. The molecule has 1 aliphatic rings. The first-order valence-corrected chi connectivity index (χ1v) is 14.7. The number of ether oxygens (including phenoxy) is 1. The van der Waals surface area contributed by atoms with E-state index in [0.717, 1.165) is 12.0 Å². The van der Waals surface area contributed by atoms with Gasteiger partial charge in [0.25, 0.3) is 10.0 Å². The van der Waals surface area contributed by atoms with Crippen LogP contribution in [0.2, 0.25) is 0 Å². The lowest BCUT2D eigenvalue weighted by Gasteiger charge is -2.36. The summed E-state index contributed by atoms with van der Waals surface area (Å²) in [5.74, 6) is 0.102. The minimum absolute atomic E-state index is 0.0382. The number of anilines is 2. The predicted octanol–water partition coefficient (Wildman–Crippen LogP) is 4.36. The topological polar surface area (TPSA) is 90.8 Å². The summed E-state index contributed by atoms with van der Waals surface area (Å²) in [6, 6.07) is 12.3. The second-order valence-electron chi connectivity index (χ2n) is 9.04. The molecule has 7 nitrogen and oxygen atoms in total. The minimum Gasteiger partial charge on any atom is -0.377 e. The van der Waals surface area contributed by atoms with Crippen LogP contribution in [-0.2, 0) is 30.9 Å². The second kappa shape index (κ2) is 10.0. The van der Waals surface area contributed by atoms with Crippen LogP contribution in [0.4, 0.5) is 11.4 Å². The third-order valence-corrected chi connectivity index (χ3v) is 8.74. The number of hydrogen-bond acceptors (Lipinski definition) is 6. The molecule has 3 rings (SSSR count). The Balaban J connectivity index is 2.11. The Morgan fingerprint density at radius 2 is 1.82 bits per heavy atom. The summed E-state index contributed by atoms with van der Waals surface area (Å²) < 4.78 is 55.7. The van der Waals surface area contributed by atoms with Crippen LogP contribution in [0.15, 0.2) is 52.3 Å². The van der Waals surface area contributed by atoms with Gasteiger partial charge >= 0.3 is 0 Å². The van der Waals surface area contributed by atoms with Gasteiger partial charge in [0, 0.05) is 25.4 Å². The summed E-state index contributed by atoms with van der Waals surface area (Å²) in [5, 5.41) is 0. The van der Waals surface area contributed by atoms with Gasteiger partial charge in [-0.15, -0.1) is 0 Å². The molecule has 0 aromatic heterocycles. The maximum Gasteiger partial charge on any atom is 0.264 e. The number of sulfonamides is 1. The predicted molar refractivity (Wildman–Crippen MR) is 134 cm³/mol. The first-order chi connectivity index (χ1) is 15.4. The maximum absolute atomic E-state index is 13.8. The van der Waals surface area contributed by atoms with Crippen LogP contribution in [0.3, 0.4) is 0 Å². The summed E-state index contributed by atoms with van der Waals surface area (Å²) in [6.07, 6.45) is 2.21. The molecule has 0 amide bonds. The quantitative estimate of drug-likeness (QED) is 0.590. The third-order valence-electron chi connectivity index (χ3n) is 5.78. The molecule has 1 heterocycles. The number of nitrogens with one attached hydrogen (secondary N) is 1. The monoisotopic (exact) mass is 493 g/mol. The highest BCUT2D eigenvalue weighted by atomic mass is 32.2. The number of nitrogens with zero attached hydrogens (tertiary/aromatic N) is 2. The molecular formula is C24H35N3O4S2. The summed E-state index contributed by atoms with van der Waals surface area (Å²) in [6.45, 7) is 9.96. The van der Waals surface area contributed by atoms with Crippen LogP contribution >= 0.6 is 0 Å². The maximum atomic E-state index is 13.8. The molecule has 2 aromatic carbocycles. The van der Waals surface area contributed by atoms with E-state index in [0.29, 0.717) is 37.7 Å². The van der Waals surface area contributed by atoms with Crippen molar-refractivity contribution in [2.45, 2.75) is 49.9 Å². The Kier molecular flexibility index (Phi) is 7.76. The molecule has 9 heteroatoms. The average Bonchev–Trinajstić information content (AvgIpc) is 2.77. The first kappa shape index (κ1) is 25.5. The minimum atomic E-state index is -3.93. The van der Waals surface area contributed by atoms with Crippen LogP contribution in [0.25, 0.3) is 0 Å². The fourth-order valence-corrected chi connectivity index (χ4v) is 6.65. The standard InChI is InChI=1S/C24H35N3O4S2/c1-6-20-7-9-21(10-8-20)27(16-18(2)3)33(29,30)22-11-12-23(24(15-22)32(5,25)28)26-13-14-31-17-19(26)4/h7-12,15,18-19,25H,6,13-14,16-17H2,1-5H3. The molecule has 1 fully saturated rings. The van der Waals surface area contributed by atoms with Crippen molar-refractivity contribution < 1.29 is 17.4 Å². The Morgan fingerprint density at radius 1 is 1.15 bits per heavy atom. The third kappa shape index (κ3) is 5.70. The van der Waals surface area contributed by atoms with Crippen molar-refractivity contribution in [3.8, 4) is 0 Å². The van der Waals surface area contributed by atoms with E-state index in [4.69, 9.17) is 9.52 Å². The van der Waals surface area contributed by atoms with Crippen LogP contribution in [0, 0.1) is 10.7 Å². The molecule has 2 atom stereocenters. The van der Waals surface area contributed by atoms with Crippen molar-refractivity contribution in [1.29, 1.82) is 4.78 Å². The van der Waals surface area contributed by atoms with E-state index in [9.17, 15) is 12.6 Å². The molecule has 0 bridgehead atoms. The van der Waals surface area contributed by atoms with E-state index in [1.54, 1.807) is 12.1 Å². The zero-order chi connectivity index (χ0) is 24.4. The lowest BCUT2D eigenvalue weighted by molar-refractivity contribution is 0.0987. The average molecular weight is 494 g/mol. The number of hydrogen-bond donors (Lipinski definition) is 1. The van der Waals surface area contributed by atoms with Gasteiger partial charge in [-0.1, -0.05) is 32.9 Å². The fraction of sp³-hybridized carbons (Fsp3) is 0.500. The highest BCUT2D eigenvalue weighted by Gasteiger charge is 2.30. The molecule has 0 radical (unpaired) electrons. The van der Waals surface area contributed by atoms with E-state index >= 15 is 0 Å². The highest BCUT2D eigenvalue weighted by molar-refractivity contribution is 7.93. The zero-order valence-corrected chi connectivity index (χ0v) is 21.7. The number of benzene rings is 2. The molecule has 0 spiro atoms. The normalized spacial score (nSPS) is 18.8. The van der Waals surface area contributed by atoms with E-state index in [2.05, 4.69) is 6.92 Å². The molecule has 0 saturated carbocycles. The van der Waals surface area contributed by atoms with Crippen LogP contribution < -0.4 is 9.21 Å². The van der Waals surface area contributed by atoms with Gasteiger partial charge in [-0.3, -0.25) is 4.31 Å². The van der Waals surface area contributed by atoms with Crippen molar-refractivity contribution in [1.82, 2.24) is 0 Å². The largest absolute Gasteiger partial charge is 0.377 e. The van der Waals surface area contributed by atoms with E-state index in [-0.39, 0.29) is 21.8 Å². The smallest absolute Gasteiger partial charge is 0.264 e. The molecule has 2 unspecified atom stereocenters. The van der Waals surface area contributed by atoms with Gasteiger partial charge in [0.15, 0.2) is 0 Å². The molecule has 182 valence electrons. The van der Waals surface area contributed by atoms with Gasteiger partial charge < -0.3 is 9.64 Å².